The first kappa shape index (κ1) is 17.1. The van der Waals surface area contributed by atoms with Crippen molar-refractivity contribution >= 4 is 11.7 Å². The summed E-state index contributed by atoms with van der Waals surface area (Å²) in [5.41, 5.74) is 1.44. The number of hydrogen-bond donors (Lipinski definition) is 0. The van der Waals surface area contributed by atoms with Crippen LogP contribution in [0.2, 0.25) is 0 Å². The molecular formula is C19H18FN5O2. The van der Waals surface area contributed by atoms with E-state index in [1.807, 2.05) is 35.2 Å². The molecule has 1 amide bonds. The second-order valence-corrected chi connectivity index (χ2v) is 6.30. The summed E-state index contributed by atoms with van der Waals surface area (Å²) < 4.78 is 20.0. The summed E-state index contributed by atoms with van der Waals surface area (Å²) in [5.74, 6) is 0.189. The lowest BCUT2D eigenvalue weighted by Gasteiger charge is -2.35. The molecular weight excluding hydrogens is 349 g/mol. The van der Waals surface area contributed by atoms with Crippen LogP contribution in [0, 0.1) is 12.7 Å². The van der Waals surface area contributed by atoms with Crippen LogP contribution in [0.15, 0.2) is 47.4 Å². The normalized spacial score (nSPS) is 14.4. The third-order valence-electron chi connectivity index (χ3n) is 4.67. The molecule has 0 bridgehead atoms. The highest BCUT2D eigenvalue weighted by molar-refractivity contribution is 5.94. The van der Waals surface area contributed by atoms with Crippen LogP contribution in [0.5, 0.6) is 0 Å². The van der Waals surface area contributed by atoms with Gasteiger partial charge in [-0.15, -0.1) is 0 Å². The van der Waals surface area contributed by atoms with E-state index >= 15 is 4.39 Å². The number of carbonyl (C=O) groups is 1. The lowest BCUT2D eigenvalue weighted by Crippen LogP contribution is -2.49. The number of aromatic nitrogens is 3. The van der Waals surface area contributed by atoms with Crippen LogP contribution in [-0.4, -0.2) is 52.1 Å². The molecule has 2 aromatic heterocycles. The molecule has 1 aliphatic rings. The SMILES string of the molecule is Cc1oncc1C(=O)N1CCN(c2ncnc(-c3ccccc3)c2F)CC1. The Kier molecular flexibility index (Phi) is 4.53. The van der Waals surface area contributed by atoms with E-state index in [-0.39, 0.29) is 17.4 Å². The van der Waals surface area contributed by atoms with Gasteiger partial charge in [-0.2, -0.15) is 0 Å². The topological polar surface area (TPSA) is 75.4 Å². The monoisotopic (exact) mass is 367 g/mol. The smallest absolute Gasteiger partial charge is 0.259 e. The van der Waals surface area contributed by atoms with Gasteiger partial charge in [-0.25, -0.2) is 14.4 Å². The summed E-state index contributed by atoms with van der Waals surface area (Å²) >= 11 is 0. The minimum absolute atomic E-state index is 0.124. The van der Waals surface area contributed by atoms with Gasteiger partial charge in [-0.05, 0) is 6.92 Å². The summed E-state index contributed by atoms with van der Waals surface area (Å²) in [6, 6.07) is 9.18. The molecule has 7 nitrogen and oxygen atoms in total. The van der Waals surface area contributed by atoms with Gasteiger partial charge in [-0.1, -0.05) is 35.5 Å². The van der Waals surface area contributed by atoms with Gasteiger partial charge in [0, 0.05) is 31.7 Å². The van der Waals surface area contributed by atoms with Crippen molar-refractivity contribution in [2.24, 2.45) is 0 Å². The number of benzene rings is 1. The summed E-state index contributed by atoms with van der Waals surface area (Å²) in [5, 5.41) is 3.65. The van der Waals surface area contributed by atoms with Crippen LogP contribution >= 0.6 is 0 Å². The number of halogens is 1. The second-order valence-electron chi connectivity index (χ2n) is 6.30. The van der Waals surface area contributed by atoms with Crippen LogP contribution in [0.1, 0.15) is 16.1 Å². The molecule has 1 saturated heterocycles. The van der Waals surface area contributed by atoms with Gasteiger partial charge < -0.3 is 14.3 Å². The van der Waals surface area contributed by atoms with Gasteiger partial charge in [-0.3, -0.25) is 4.79 Å². The Labute approximate surface area is 155 Å². The Morgan fingerprint density at radius 2 is 1.85 bits per heavy atom. The molecule has 138 valence electrons. The predicted molar refractivity (Wildman–Crippen MR) is 96.8 cm³/mol. The summed E-state index contributed by atoms with van der Waals surface area (Å²) in [4.78, 5) is 24.3. The molecule has 8 heteroatoms. The molecule has 0 unspecified atom stereocenters. The van der Waals surface area contributed by atoms with Gasteiger partial charge in [0.2, 0.25) is 0 Å². The molecule has 0 saturated carbocycles. The highest BCUT2D eigenvalue weighted by atomic mass is 19.1. The highest BCUT2D eigenvalue weighted by Gasteiger charge is 2.27. The van der Waals surface area contributed by atoms with Crippen LogP contribution in [0.3, 0.4) is 0 Å². The molecule has 3 aromatic rings. The Bertz CT molecular complexity index is 952. The second kappa shape index (κ2) is 7.14. The van der Waals surface area contributed by atoms with E-state index in [2.05, 4.69) is 15.1 Å². The van der Waals surface area contributed by atoms with Crippen LogP contribution in [0.25, 0.3) is 11.3 Å². The van der Waals surface area contributed by atoms with E-state index in [9.17, 15) is 4.79 Å². The van der Waals surface area contributed by atoms with E-state index in [1.54, 1.807) is 11.8 Å². The van der Waals surface area contributed by atoms with Crippen LogP contribution < -0.4 is 4.90 Å². The molecule has 0 aliphatic carbocycles. The van der Waals surface area contributed by atoms with Crippen LogP contribution in [-0.2, 0) is 0 Å². The summed E-state index contributed by atoms with van der Waals surface area (Å²) in [6.45, 7) is 3.61. The minimum Gasteiger partial charge on any atom is -0.361 e. The summed E-state index contributed by atoms with van der Waals surface area (Å²) in [6.07, 6.45) is 2.80. The zero-order valence-corrected chi connectivity index (χ0v) is 14.8. The van der Waals surface area contributed by atoms with E-state index in [0.29, 0.717) is 43.1 Å². The molecule has 0 N–H and O–H groups in total. The van der Waals surface area contributed by atoms with Crippen molar-refractivity contribution in [1.82, 2.24) is 20.0 Å². The molecule has 1 fully saturated rings. The van der Waals surface area contributed by atoms with Gasteiger partial charge in [0.15, 0.2) is 11.6 Å². The highest BCUT2D eigenvalue weighted by Crippen LogP contribution is 2.26. The molecule has 1 aromatic carbocycles. The average Bonchev–Trinajstić information content (AvgIpc) is 3.14. The van der Waals surface area contributed by atoms with Crippen molar-refractivity contribution in [2.45, 2.75) is 6.92 Å². The van der Waals surface area contributed by atoms with Gasteiger partial charge in [0.05, 0.1) is 6.20 Å². The molecule has 0 atom stereocenters. The number of amides is 1. The van der Waals surface area contributed by atoms with Crippen molar-refractivity contribution in [3.05, 3.63) is 60.0 Å². The number of piperazine rings is 1. The maximum atomic E-state index is 15.0. The first-order chi connectivity index (χ1) is 13.1. The fraction of sp³-hybridized carbons (Fsp3) is 0.263. The van der Waals surface area contributed by atoms with E-state index < -0.39 is 5.82 Å². The van der Waals surface area contributed by atoms with Gasteiger partial charge >= 0.3 is 0 Å². The predicted octanol–water partition coefficient (Wildman–Crippen LogP) is 2.54. The molecule has 27 heavy (non-hydrogen) atoms. The van der Waals surface area contributed by atoms with E-state index in [0.717, 1.165) is 0 Å². The maximum Gasteiger partial charge on any atom is 0.259 e. The molecule has 1 aliphatic heterocycles. The standard InChI is InChI=1S/C19H18FN5O2/c1-13-15(11-23-27-13)19(26)25-9-7-24(8-10-25)18-16(20)17(21-12-22-18)14-5-3-2-4-6-14/h2-6,11-12H,7-10H2,1H3. The van der Waals surface area contributed by atoms with Crippen molar-refractivity contribution in [3.63, 3.8) is 0 Å². The number of carbonyl (C=O) groups excluding carboxylic acids is 1. The fourth-order valence-electron chi connectivity index (χ4n) is 3.17. The average molecular weight is 367 g/mol. The molecule has 0 spiro atoms. The van der Waals surface area contributed by atoms with Gasteiger partial charge in [0.1, 0.15) is 23.3 Å². The zero-order chi connectivity index (χ0) is 18.8. The first-order valence-electron chi connectivity index (χ1n) is 8.66. The quantitative estimate of drug-likeness (QED) is 0.708. The van der Waals surface area contributed by atoms with Crippen molar-refractivity contribution < 1.29 is 13.7 Å². The largest absolute Gasteiger partial charge is 0.361 e. The maximum absolute atomic E-state index is 15.0. The van der Waals surface area contributed by atoms with Gasteiger partial charge in [0.25, 0.3) is 5.91 Å². The number of rotatable bonds is 3. The minimum atomic E-state index is -0.446. The van der Waals surface area contributed by atoms with Crippen molar-refractivity contribution in [3.8, 4) is 11.3 Å². The lowest BCUT2D eigenvalue weighted by molar-refractivity contribution is 0.0744. The zero-order valence-electron chi connectivity index (χ0n) is 14.8. The number of hydrogen-bond acceptors (Lipinski definition) is 6. The Balaban J connectivity index is 1.50. The van der Waals surface area contributed by atoms with Crippen LogP contribution in [0.4, 0.5) is 10.2 Å². The first-order valence-corrected chi connectivity index (χ1v) is 8.66. The lowest BCUT2D eigenvalue weighted by atomic mass is 10.1. The molecule has 0 radical (unpaired) electrons. The van der Waals surface area contributed by atoms with Crippen molar-refractivity contribution in [1.29, 1.82) is 0 Å². The number of nitrogens with zero attached hydrogens (tertiary/aromatic N) is 5. The summed E-state index contributed by atoms with van der Waals surface area (Å²) in [7, 11) is 0. The Morgan fingerprint density at radius 1 is 1.11 bits per heavy atom. The fourth-order valence-corrected chi connectivity index (χ4v) is 3.17. The van der Waals surface area contributed by atoms with Crippen molar-refractivity contribution in [2.75, 3.05) is 31.1 Å². The third kappa shape index (κ3) is 3.25. The number of aryl methyl sites for hydroxylation is 1. The Morgan fingerprint density at radius 3 is 2.52 bits per heavy atom. The van der Waals surface area contributed by atoms with E-state index in [4.69, 9.17) is 4.52 Å². The number of anilines is 1. The third-order valence-corrected chi connectivity index (χ3v) is 4.67. The molecule has 3 heterocycles. The van der Waals surface area contributed by atoms with E-state index in [1.165, 1.54) is 12.5 Å². The Hall–Kier alpha value is -3.29. The molecule has 4 rings (SSSR count).